The molecule has 1 aliphatic carbocycles. The monoisotopic (exact) mass is 536 g/mol. The van der Waals surface area contributed by atoms with E-state index in [1.807, 2.05) is 18.2 Å². The third-order valence-electron chi connectivity index (χ3n) is 5.72. The fourth-order valence-electron chi connectivity index (χ4n) is 3.99. The minimum Gasteiger partial charge on any atom is -0.339 e. The molecule has 3 aromatic heterocycles. The number of imidazole rings is 1. The van der Waals surface area contributed by atoms with E-state index in [2.05, 4.69) is 42.7 Å². The summed E-state index contributed by atoms with van der Waals surface area (Å²) in [5, 5.41) is 6.85. The molecule has 0 saturated heterocycles. The number of benzene rings is 1. The van der Waals surface area contributed by atoms with Crippen molar-refractivity contribution in [3.8, 4) is 0 Å². The van der Waals surface area contributed by atoms with Crippen molar-refractivity contribution in [3.05, 3.63) is 72.4 Å². The second-order valence-electron chi connectivity index (χ2n) is 8.20. The van der Waals surface area contributed by atoms with E-state index in [0.29, 0.717) is 22.1 Å². The van der Waals surface area contributed by atoms with Crippen LogP contribution in [0, 0.1) is 5.92 Å². The topological polar surface area (TPSA) is 113 Å². The average Bonchev–Trinajstić information content (AvgIpc) is 3.67. The van der Waals surface area contributed by atoms with Gasteiger partial charge in [0.25, 0.3) is 0 Å². The van der Waals surface area contributed by atoms with E-state index in [1.165, 1.54) is 29.3 Å². The Morgan fingerprint density at radius 3 is 2.69 bits per heavy atom. The molecule has 0 atom stereocenters. The third-order valence-corrected chi connectivity index (χ3v) is 8.89. The second kappa shape index (κ2) is 11.7. The molecule has 1 aliphatic rings. The molecule has 36 heavy (non-hydrogen) atoms. The van der Waals surface area contributed by atoms with Gasteiger partial charge in [0, 0.05) is 40.7 Å². The Morgan fingerprint density at radius 1 is 1.08 bits per heavy atom. The quantitative estimate of drug-likeness (QED) is 0.161. The third kappa shape index (κ3) is 6.15. The normalized spacial score (nSPS) is 13.6. The van der Waals surface area contributed by atoms with E-state index >= 15 is 0 Å². The van der Waals surface area contributed by atoms with Gasteiger partial charge in [0.05, 0.1) is 21.8 Å². The van der Waals surface area contributed by atoms with E-state index in [9.17, 15) is 9.59 Å². The second-order valence-corrected chi connectivity index (χ2v) is 11.5. The lowest BCUT2D eigenvalue weighted by atomic mass is 9.96. The molecule has 1 saturated carbocycles. The number of amides is 2. The molecule has 184 valence electrons. The van der Waals surface area contributed by atoms with Crippen LogP contribution >= 0.6 is 34.9 Å². The van der Waals surface area contributed by atoms with Crippen LogP contribution in [0.25, 0.3) is 0 Å². The first-order valence-corrected chi connectivity index (χ1v) is 14.2. The number of nitrogens with zero attached hydrogens (tertiary/aromatic N) is 3. The highest BCUT2D eigenvalue weighted by Crippen LogP contribution is 2.38. The molecule has 0 unspecified atom stereocenters. The van der Waals surface area contributed by atoms with Gasteiger partial charge in [-0.1, -0.05) is 42.4 Å². The van der Waals surface area contributed by atoms with Gasteiger partial charge < -0.3 is 10.3 Å². The largest absolute Gasteiger partial charge is 0.339 e. The Labute approximate surface area is 221 Å². The standard InChI is InChI=1S/C25H24N6O2S3/c32-21(16-6-4-5-7-16)18-10-11-26-14-19(18)29-23(33)31-25-30-20(15-34-17-8-2-1-3-9-17)22(36-25)35-24-27-12-13-28-24/h1-3,8-14,16H,4-7,15H2,(H,27,28)(H2,29,30,31,33). The van der Waals surface area contributed by atoms with Gasteiger partial charge in [0.1, 0.15) is 0 Å². The van der Waals surface area contributed by atoms with Crippen molar-refractivity contribution in [2.75, 3.05) is 10.6 Å². The van der Waals surface area contributed by atoms with Crippen molar-refractivity contribution in [2.24, 2.45) is 5.92 Å². The molecule has 0 spiro atoms. The zero-order valence-corrected chi connectivity index (χ0v) is 21.7. The number of ketones is 1. The van der Waals surface area contributed by atoms with Gasteiger partial charge in [-0.25, -0.2) is 14.8 Å². The Bertz CT molecular complexity index is 1320. The maximum Gasteiger partial charge on any atom is 0.325 e. The van der Waals surface area contributed by atoms with Gasteiger partial charge in [0.15, 0.2) is 16.1 Å². The summed E-state index contributed by atoms with van der Waals surface area (Å²) >= 11 is 4.54. The highest BCUT2D eigenvalue weighted by molar-refractivity contribution is 8.01. The highest BCUT2D eigenvalue weighted by Gasteiger charge is 2.26. The van der Waals surface area contributed by atoms with Gasteiger partial charge >= 0.3 is 6.03 Å². The molecule has 1 fully saturated rings. The van der Waals surface area contributed by atoms with Crippen LogP contribution in [0.3, 0.4) is 0 Å². The number of urea groups is 1. The first-order chi connectivity index (χ1) is 17.7. The molecule has 1 aromatic carbocycles. The van der Waals surface area contributed by atoms with Crippen molar-refractivity contribution in [3.63, 3.8) is 0 Å². The van der Waals surface area contributed by atoms with E-state index in [0.717, 1.165) is 45.6 Å². The van der Waals surface area contributed by atoms with Crippen LogP contribution in [-0.4, -0.2) is 31.8 Å². The lowest BCUT2D eigenvalue weighted by Gasteiger charge is -2.13. The minimum absolute atomic E-state index is 0.0147. The maximum absolute atomic E-state index is 13.0. The summed E-state index contributed by atoms with van der Waals surface area (Å²) in [6, 6.07) is 11.3. The SMILES string of the molecule is O=C(Nc1nc(CSc2ccccc2)c(Sc2ncc[nH]2)s1)Nc1cnccc1C(=O)C1CCCC1. The summed E-state index contributed by atoms with van der Waals surface area (Å²) in [6.45, 7) is 0. The Morgan fingerprint density at radius 2 is 1.92 bits per heavy atom. The summed E-state index contributed by atoms with van der Waals surface area (Å²) in [6.07, 6.45) is 10.5. The smallest absolute Gasteiger partial charge is 0.325 e. The Kier molecular flexibility index (Phi) is 7.99. The zero-order valence-electron chi connectivity index (χ0n) is 19.3. The van der Waals surface area contributed by atoms with Crippen molar-refractivity contribution in [1.82, 2.24) is 19.9 Å². The number of aromatic nitrogens is 4. The molecule has 0 radical (unpaired) electrons. The molecule has 3 N–H and O–H groups in total. The van der Waals surface area contributed by atoms with Crippen LogP contribution in [-0.2, 0) is 5.75 Å². The number of H-pyrrole nitrogens is 1. The molecule has 11 heteroatoms. The lowest BCUT2D eigenvalue weighted by Crippen LogP contribution is -2.22. The van der Waals surface area contributed by atoms with Crippen molar-refractivity contribution < 1.29 is 9.59 Å². The number of anilines is 2. The minimum atomic E-state index is -0.464. The molecular formula is C25H24N6O2S3. The molecule has 0 aliphatic heterocycles. The van der Waals surface area contributed by atoms with Crippen LogP contribution in [0.15, 0.2) is 75.4 Å². The number of pyridine rings is 1. The van der Waals surface area contributed by atoms with E-state index in [1.54, 1.807) is 36.4 Å². The highest BCUT2D eigenvalue weighted by atomic mass is 32.2. The number of carbonyl (C=O) groups excluding carboxylic acids is 2. The van der Waals surface area contributed by atoms with Crippen molar-refractivity contribution in [1.29, 1.82) is 0 Å². The van der Waals surface area contributed by atoms with Crippen molar-refractivity contribution >= 4 is 57.5 Å². The summed E-state index contributed by atoms with van der Waals surface area (Å²) < 4.78 is 0.946. The van der Waals surface area contributed by atoms with Crippen LogP contribution in [0.2, 0.25) is 0 Å². The number of thioether (sulfide) groups is 1. The fraction of sp³-hybridized carbons (Fsp3) is 0.240. The number of thiazole rings is 1. The molecule has 3 heterocycles. The maximum atomic E-state index is 13.0. The van der Waals surface area contributed by atoms with Gasteiger partial charge in [-0.3, -0.25) is 15.1 Å². The first kappa shape index (κ1) is 24.5. The van der Waals surface area contributed by atoms with E-state index in [-0.39, 0.29) is 11.7 Å². The summed E-state index contributed by atoms with van der Waals surface area (Å²) in [5.74, 6) is 0.729. The van der Waals surface area contributed by atoms with Crippen LogP contribution in [0.1, 0.15) is 41.7 Å². The molecule has 4 aromatic rings. The number of carbonyl (C=O) groups is 2. The van der Waals surface area contributed by atoms with Gasteiger partial charge in [-0.2, -0.15) is 0 Å². The number of rotatable bonds is 9. The number of hydrogen-bond donors (Lipinski definition) is 3. The van der Waals surface area contributed by atoms with E-state index in [4.69, 9.17) is 0 Å². The summed E-state index contributed by atoms with van der Waals surface area (Å²) in [7, 11) is 0. The predicted molar refractivity (Wildman–Crippen MR) is 144 cm³/mol. The molecule has 5 rings (SSSR count). The van der Waals surface area contributed by atoms with Gasteiger partial charge in [-0.05, 0) is 42.8 Å². The first-order valence-electron chi connectivity index (χ1n) is 11.6. The fourth-order valence-corrected chi connectivity index (χ4v) is 7.04. The zero-order chi connectivity index (χ0) is 24.7. The van der Waals surface area contributed by atoms with Gasteiger partial charge in [-0.15, -0.1) is 11.8 Å². The number of nitrogens with one attached hydrogen (secondary N) is 3. The van der Waals surface area contributed by atoms with E-state index < -0.39 is 6.03 Å². The predicted octanol–water partition coefficient (Wildman–Crippen LogP) is 6.72. The average molecular weight is 537 g/mol. The number of aromatic amines is 1. The molecule has 0 bridgehead atoms. The van der Waals surface area contributed by atoms with Crippen molar-refractivity contribution in [2.45, 2.75) is 45.7 Å². The Hall–Kier alpha value is -3.15. The molecular weight excluding hydrogens is 513 g/mol. The van der Waals surface area contributed by atoms with Crippen LogP contribution in [0.5, 0.6) is 0 Å². The van der Waals surface area contributed by atoms with Gasteiger partial charge in [0.2, 0.25) is 0 Å². The number of Topliss-reactive ketones (excluding diaryl/α,β-unsaturated/α-hetero) is 1. The number of hydrogen-bond acceptors (Lipinski definition) is 8. The lowest BCUT2D eigenvalue weighted by molar-refractivity contribution is 0.0923. The molecule has 8 nitrogen and oxygen atoms in total. The van der Waals surface area contributed by atoms with Crippen LogP contribution in [0.4, 0.5) is 15.6 Å². The summed E-state index contributed by atoms with van der Waals surface area (Å²) in [5.41, 5.74) is 1.78. The van der Waals surface area contributed by atoms with Crippen LogP contribution < -0.4 is 10.6 Å². The Balaban J connectivity index is 1.30. The summed E-state index contributed by atoms with van der Waals surface area (Å²) in [4.78, 5) is 43.2. The molecule has 2 amide bonds.